The van der Waals surface area contributed by atoms with E-state index in [1.165, 1.54) is 6.08 Å². The van der Waals surface area contributed by atoms with Crippen LogP contribution in [0.2, 0.25) is 0 Å². The van der Waals surface area contributed by atoms with Crippen molar-refractivity contribution in [3.8, 4) is 0 Å². The number of hydrogen-bond donors (Lipinski definition) is 2. The van der Waals surface area contributed by atoms with Gasteiger partial charge in [0.25, 0.3) is 0 Å². The van der Waals surface area contributed by atoms with Gasteiger partial charge < -0.3 is 10.4 Å². The third-order valence-corrected chi connectivity index (χ3v) is 3.07. The van der Waals surface area contributed by atoms with Crippen LogP contribution in [0, 0.1) is 0 Å². The number of aryl methyl sites for hydroxylation is 1. The largest absolute Gasteiger partial charge is 0.478 e. The maximum atomic E-state index is 11.9. The predicted octanol–water partition coefficient (Wildman–Crippen LogP) is 3.36. The van der Waals surface area contributed by atoms with E-state index in [2.05, 4.69) is 5.32 Å². The standard InChI is InChI=1S/C18H17NO3/c20-17(11-9-14-5-2-1-3-6-14)19-16-8-4-7-15(13-16)10-12-18(21)22/h1-8,10,12-13H,9,11H2,(H,19,20)(H,21,22)/b12-10+. The van der Waals surface area contributed by atoms with Gasteiger partial charge in [0.15, 0.2) is 0 Å². The fraction of sp³-hybridized carbons (Fsp3) is 0.111. The number of nitrogens with one attached hydrogen (secondary N) is 1. The van der Waals surface area contributed by atoms with Crippen LogP contribution in [-0.4, -0.2) is 17.0 Å². The van der Waals surface area contributed by atoms with Crippen molar-refractivity contribution in [2.45, 2.75) is 12.8 Å². The quantitative estimate of drug-likeness (QED) is 0.803. The smallest absolute Gasteiger partial charge is 0.328 e. The molecule has 112 valence electrons. The number of benzene rings is 2. The first-order valence-electron chi connectivity index (χ1n) is 6.98. The van der Waals surface area contributed by atoms with Crippen LogP contribution in [0.5, 0.6) is 0 Å². The molecule has 0 saturated carbocycles. The molecule has 2 rings (SSSR count). The summed E-state index contributed by atoms with van der Waals surface area (Å²) >= 11 is 0. The van der Waals surface area contributed by atoms with Gasteiger partial charge in [0.1, 0.15) is 0 Å². The van der Waals surface area contributed by atoms with E-state index in [9.17, 15) is 9.59 Å². The monoisotopic (exact) mass is 295 g/mol. The van der Waals surface area contributed by atoms with E-state index >= 15 is 0 Å². The summed E-state index contributed by atoms with van der Waals surface area (Å²) < 4.78 is 0. The van der Waals surface area contributed by atoms with E-state index in [0.717, 1.165) is 17.2 Å². The third kappa shape index (κ3) is 5.25. The van der Waals surface area contributed by atoms with Gasteiger partial charge in [0.05, 0.1) is 0 Å². The van der Waals surface area contributed by atoms with Crippen LogP contribution in [0.25, 0.3) is 6.08 Å². The molecule has 22 heavy (non-hydrogen) atoms. The Labute approximate surface area is 129 Å². The summed E-state index contributed by atoms with van der Waals surface area (Å²) in [6, 6.07) is 16.9. The second-order valence-corrected chi connectivity index (χ2v) is 4.83. The van der Waals surface area contributed by atoms with Crippen molar-refractivity contribution in [3.05, 3.63) is 71.8 Å². The van der Waals surface area contributed by atoms with Gasteiger partial charge in [-0.3, -0.25) is 4.79 Å². The predicted molar refractivity (Wildman–Crippen MR) is 86.5 cm³/mol. The molecule has 0 bridgehead atoms. The van der Waals surface area contributed by atoms with Crippen molar-refractivity contribution in [3.63, 3.8) is 0 Å². The summed E-state index contributed by atoms with van der Waals surface area (Å²) in [6.45, 7) is 0. The normalized spacial score (nSPS) is 10.5. The summed E-state index contributed by atoms with van der Waals surface area (Å²) in [7, 11) is 0. The first kappa shape index (κ1) is 15.5. The second kappa shape index (κ2) is 7.78. The van der Waals surface area contributed by atoms with Gasteiger partial charge in [-0.25, -0.2) is 4.79 Å². The number of hydrogen-bond acceptors (Lipinski definition) is 2. The van der Waals surface area contributed by atoms with E-state index in [-0.39, 0.29) is 5.91 Å². The van der Waals surface area contributed by atoms with Crippen LogP contribution in [0.15, 0.2) is 60.7 Å². The highest BCUT2D eigenvalue weighted by Gasteiger charge is 2.03. The lowest BCUT2D eigenvalue weighted by atomic mass is 10.1. The fourth-order valence-electron chi connectivity index (χ4n) is 2.01. The highest BCUT2D eigenvalue weighted by Crippen LogP contribution is 2.13. The Morgan fingerprint density at radius 3 is 2.55 bits per heavy atom. The Bertz CT molecular complexity index is 678. The Kier molecular flexibility index (Phi) is 5.49. The van der Waals surface area contributed by atoms with E-state index in [1.807, 2.05) is 30.3 Å². The molecule has 0 aliphatic carbocycles. The van der Waals surface area contributed by atoms with Crippen molar-refractivity contribution in [1.82, 2.24) is 0 Å². The second-order valence-electron chi connectivity index (χ2n) is 4.83. The molecule has 2 N–H and O–H groups in total. The Balaban J connectivity index is 1.91. The number of amides is 1. The summed E-state index contributed by atoms with van der Waals surface area (Å²) in [4.78, 5) is 22.4. The van der Waals surface area contributed by atoms with E-state index in [4.69, 9.17) is 5.11 Å². The molecule has 0 saturated heterocycles. The van der Waals surface area contributed by atoms with Crippen molar-refractivity contribution in [1.29, 1.82) is 0 Å². The van der Waals surface area contributed by atoms with Crippen LogP contribution < -0.4 is 5.32 Å². The molecule has 0 heterocycles. The minimum Gasteiger partial charge on any atom is -0.478 e. The van der Waals surface area contributed by atoms with Gasteiger partial charge in [0, 0.05) is 18.2 Å². The van der Waals surface area contributed by atoms with Crippen LogP contribution in [-0.2, 0) is 16.0 Å². The van der Waals surface area contributed by atoms with Crippen molar-refractivity contribution >= 4 is 23.6 Å². The van der Waals surface area contributed by atoms with Gasteiger partial charge in [-0.2, -0.15) is 0 Å². The minimum atomic E-state index is -1.00. The zero-order chi connectivity index (χ0) is 15.8. The SMILES string of the molecule is O=C(O)/C=C/c1cccc(NC(=O)CCc2ccccc2)c1. The molecule has 0 atom stereocenters. The maximum Gasteiger partial charge on any atom is 0.328 e. The summed E-state index contributed by atoms with van der Waals surface area (Å²) in [5, 5.41) is 11.4. The van der Waals surface area contributed by atoms with Gasteiger partial charge in [0.2, 0.25) is 5.91 Å². The average molecular weight is 295 g/mol. The molecule has 0 aromatic heterocycles. The Morgan fingerprint density at radius 2 is 1.82 bits per heavy atom. The zero-order valence-corrected chi connectivity index (χ0v) is 12.0. The number of aliphatic carboxylic acids is 1. The van der Waals surface area contributed by atoms with Crippen molar-refractivity contribution < 1.29 is 14.7 Å². The fourth-order valence-corrected chi connectivity index (χ4v) is 2.01. The third-order valence-electron chi connectivity index (χ3n) is 3.07. The van der Waals surface area contributed by atoms with Gasteiger partial charge >= 0.3 is 5.97 Å². The first-order chi connectivity index (χ1) is 10.6. The zero-order valence-electron chi connectivity index (χ0n) is 12.0. The molecule has 4 nitrogen and oxygen atoms in total. The number of rotatable bonds is 6. The topological polar surface area (TPSA) is 66.4 Å². The number of carbonyl (C=O) groups excluding carboxylic acids is 1. The molecule has 0 spiro atoms. The Hall–Kier alpha value is -2.88. The Morgan fingerprint density at radius 1 is 1.05 bits per heavy atom. The molecule has 0 unspecified atom stereocenters. The molecular formula is C18H17NO3. The summed E-state index contributed by atoms with van der Waals surface area (Å²) in [5.74, 6) is -1.07. The van der Waals surface area contributed by atoms with Crippen molar-refractivity contribution in [2.75, 3.05) is 5.32 Å². The molecule has 2 aromatic carbocycles. The lowest BCUT2D eigenvalue weighted by molar-refractivity contribution is -0.131. The van der Waals surface area contributed by atoms with Crippen LogP contribution in [0.4, 0.5) is 5.69 Å². The van der Waals surface area contributed by atoms with Crippen molar-refractivity contribution in [2.24, 2.45) is 0 Å². The number of carbonyl (C=O) groups is 2. The molecule has 0 aliphatic heterocycles. The molecule has 0 radical (unpaired) electrons. The first-order valence-corrected chi connectivity index (χ1v) is 6.98. The number of anilines is 1. The van der Waals surface area contributed by atoms with E-state index in [0.29, 0.717) is 18.5 Å². The molecule has 0 aliphatic rings. The lowest BCUT2D eigenvalue weighted by Crippen LogP contribution is -2.12. The minimum absolute atomic E-state index is 0.0665. The van der Waals surface area contributed by atoms with Crippen LogP contribution in [0.3, 0.4) is 0 Å². The highest BCUT2D eigenvalue weighted by molar-refractivity contribution is 5.91. The maximum absolute atomic E-state index is 11.9. The summed E-state index contributed by atoms with van der Waals surface area (Å²) in [5.41, 5.74) is 2.50. The highest BCUT2D eigenvalue weighted by atomic mass is 16.4. The number of carboxylic acids is 1. The molecule has 1 amide bonds. The molecular weight excluding hydrogens is 278 g/mol. The van der Waals surface area contributed by atoms with Gasteiger partial charge in [-0.1, -0.05) is 42.5 Å². The van der Waals surface area contributed by atoms with E-state index < -0.39 is 5.97 Å². The lowest BCUT2D eigenvalue weighted by Gasteiger charge is -2.06. The van der Waals surface area contributed by atoms with Gasteiger partial charge in [-0.05, 0) is 35.8 Å². The average Bonchev–Trinajstić information content (AvgIpc) is 2.52. The van der Waals surface area contributed by atoms with Crippen LogP contribution >= 0.6 is 0 Å². The molecule has 4 heteroatoms. The van der Waals surface area contributed by atoms with Crippen LogP contribution in [0.1, 0.15) is 17.5 Å². The number of carboxylic acid groups (broad SMARTS) is 1. The summed E-state index contributed by atoms with van der Waals surface area (Å²) in [6.07, 6.45) is 3.64. The molecule has 2 aromatic rings. The van der Waals surface area contributed by atoms with E-state index in [1.54, 1.807) is 24.3 Å². The van der Waals surface area contributed by atoms with Gasteiger partial charge in [-0.15, -0.1) is 0 Å². The molecule has 0 fully saturated rings.